The highest BCUT2D eigenvalue weighted by Crippen LogP contribution is 2.25. The predicted molar refractivity (Wildman–Crippen MR) is 102 cm³/mol. The lowest BCUT2D eigenvalue weighted by Crippen LogP contribution is -2.33. The van der Waals surface area contributed by atoms with Gasteiger partial charge in [-0.05, 0) is 42.3 Å². The molecule has 0 saturated carbocycles. The molecule has 2 aromatic rings. The number of hydrogen-bond acceptors (Lipinski definition) is 5. The van der Waals surface area contributed by atoms with Crippen LogP contribution >= 0.6 is 0 Å². The molecule has 1 aliphatic rings. The van der Waals surface area contributed by atoms with E-state index in [0.717, 1.165) is 0 Å². The van der Waals surface area contributed by atoms with E-state index in [9.17, 15) is 19.2 Å². The van der Waals surface area contributed by atoms with Crippen molar-refractivity contribution in [3.63, 3.8) is 0 Å². The Morgan fingerprint density at radius 3 is 2.39 bits per heavy atom. The van der Waals surface area contributed by atoms with Gasteiger partial charge in [-0.15, -0.1) is 0 Å². The summed E-state index contributed by atoms with van der Waals surface area (Å²) in [6, 6.07) is 10.8. The molecule has 0 saturated heterocycles. The van der Waals surface area contributed by atoms with Crippen LogP contribution in [-0.2, 0) is 4.74 Å². The molecule has 144 valence electrons. The summed E-state index contributed by atoms with van der Waals surface area (Å²) in [4.78, 5) is 50.4. The van der Waals surface area contributed by atoms with Crippen LogP contribution in [0, 0.1) is 5.92 Å². The Morgan fingerprint density at radius 2 is 1.71 bits per heavy atom. The summed E-state index contributed by atoms with van der Waals surface area (Å²) in [5.41, 5.74) is 1.49. The topological polar surface area (TPSA) is 92.8 Å². The van der Waals surface area contributed by atoms with Crippen LogP contribution in [0.15, 0.2) is 42.5 Å². The minimum Gasteiger partial charge on any atom is -0.465 e. The largest absolute Gasteiger partial charge is 0.465 e. The number of nitrogens with one attached hydrogen (secondary N) is 1. The summed E-state index contributed by atoms with van der Waals surface area (Å²) < 4.78 is 4.66. The van der Waals surface area contributed by atoms with Gasteiger partial charge in [0.2, 0.25) is 0 Å². The van der Waals surface area contributed by atoms with Gasteiger partial charge in [0.05, 0.1) is 23.8 Å². The zero-order valence-corrected chi connectivity index (χ0v) is 15.8. The third kappa shape index (κ3) is 3.64. The normalized spacial score (nSPS) is 12.9. The van der Waals surface area contributed by atoms with Crippen LogP contribution in [-0.4, -0.2) is 42.2 Å². The number of methoxy groups -OCH3 is 1. The second kappa shape index (κ2) is 7.64. The molecule has 0 atom stereocenters. The quantitative estimate of drug-likeness (QED) is 0.636. The molecule has 0 fully saturated rings. The number of carbonyl (C=O) groups is 4. The van der Waals surface area contributed by atoms with Crippen molar-refractivity contribution in [3.05, 3.63) is 64.7 Å². The number of amides is 3. The van der Waals surface area contributed by atoms with Crippen molar-refractivity contribution in [2.24, 2.45) is 5.92 Å². The minimum atomic E-state index is -0.511. The fourth-order valence-electron chi connectivity index (χ4n) is 3.01. The lowest BCUT2D eigenvalue weighted by Gasteiger charge is -2.15. The molecular formula is C21H20N2O5. The number of benzene rings is 2. The summed E-state index contributed by atoms with van der Waals surface area (Å²) in [5.74, 6) is -1.55. The van der Waals surface area contributed by atoms with Crippen LogP contribution in [0.25, 0.3) is 0 Å². The van der Waals surface area contributed by atoms with Gasteiger partial charge in [-0.25, -0.2) is 4.79 Å². The molecular weight excluding hydrogens is 360 g/mol. The number of anilines is 1. The van der Waals surface area contributed by atoms with E-state index in [0.29, 0.717) is 23.4 Å². The molecule has 0 unspecified atom stereocenters. The maximum absolute atomic E-state index is 12.6. The maximum Gasteiger partial charge on any atom is 0.337 e. The first-order chi connectivity index (χ1) is 13.3. The van der Waals surface area contributed by atoms with Gasteiger partial charge in [0.15, 0.2) is 0 Å². The Morgan fingerprint density at radius 1 is 1.00 bits per heavy atom. The van der Waals surface area contributed by atoms with Crippen molar-refractivity contribution < 1.29 is 23.9 Å². The molecule has 7 heteroatoms. The number of imide groups is 1. The van der Waals surface area contributed by atoms with Gasteiger partial charge < -0.3 is 10.1 Å². The number of fused-ring (bicyclic) bond motifs is 1. The highest BCUT2D eigenvalue weighted by molar-refractivity contribution is 6.22. The predicted octanol–water partition coefficient (Wildman–Crippen LogP) is 2.98. The van der Waals surface area contributed by atoms with Crippen molar-refractivity contribution >= 4 is 29.4 Å². The lowest BCUT2D eigenvalue weighted by molar-refractivity contribution is 0.0597. The fourth-order valence-corrected chi connectivity index (χ4v) is 3.01. The van der Waals surface area contributed by atoms with Crippen LogP contribution in [0.5, 0.6) is 0 Å². The second-order valence-electron chi connectivity index (χ2n) is 6.90. The SMILES string of the molecule is COC(=O)c1cccc(NC(=O)c2ccc3c(c2)C(=O)N(CC(C)C)C3=O)c1. The Balaban J connectivity index is 1.82. The fraction of sp³-hybridized carbons (Fsp3) is 0.238. The summed E-state index contributed by atoms with van der Waals surface area (Å²) in [6.45, 7) is 4.17. The number of rotatable bonds is 5. The molecule has 3 rings (SSSR count). The van der Waals surface area contributed by atoms with Crippen LogP contribution in [0.2, 0.25) is 0 Å². The van der Waals surface area contributed by atoms with Crippen LogP contribution in [0.3, 0.4) is 0 Å². The first kappa shape index (κ1) is 19.3. The van der Waals surface area contributed by atoms with Gasteiger partial charge in [-0.1, -0.05) is 19.9 Å². The number of ether oxygens (including phenoxy) is 1. The number of hydrogen-bond donors (Lipinski definition) is 1. The molecule has 28 heavy (non-hydrogen) atoms. The van der Waals surface area contributed by atoms with Crippen molar-refractivity contribution in [1.82, 2.24) is 4.90 Å². The summed E-state index contributed by atoms with van der Waals surface area (Å²) in [6.07, 6.45) is 0. The van der Waals surface area contributed by atoms with E-state index in [-0.39, 0.29) is 23.0 Å². The monoisotopic (exact) mass is 380 g/mol. The lowest BCUT2D eigenvalue weighted by atomic mass is 10.1. The van der Waals surface area contributed by atoms with Crippen molar-refractivity contribution in [1.29, 1.82) is 0 Å². The Kier molecular flexibility index (Phi) is 5.26. The maximum atomic E-state index is 12.6. The zero-order valence-electron chi connectivity index (χ0n) is 15.8. The molecule has 3 amide bonds. The molecule has 1 N–H and O–H groups in total. The third-order valence-electron chi connectivity index (χ3n) is 4.32. The minimum absolute atomic E-state index is 0.145. The Labute approximate surface area is 162 Å². The molecule has 0 aliphatic carbocycles. The van der Waals surface area contributed by atoms with Gasteiger partial charge in [0.25, 0.3) is 17.7 Å². The molecule has 0 radical (unpaired) electrons. The van der Waals surface area contributed by atoms with Gasteiger partial charge in [-0.2, -0.15) is 0 Å². The summed E-state index contributed by atoms with van der Waals surface area (Å²) in [5, 5.41) is 2.68. The molecule has 2 aromatic carbocycles. The smallest absolute Gasteiger partial charge is 0.337 e. The van der Waals surface area contributed by atoms with Crippen molar-refractivity contribution in [3.8, 4) is 0 Å². The standard InChI is InChI=1S/C21H20N2O5/c1-12(2)11-23-19(25)16-8-7-13(10-17(16)20(23)26)18(24)22-15-6-4-5-14(9-15)21(27)28-3/h4-10,12H,11H2,1-3H3,(H,22,24). The van der Waals surface area contributed by atoms with Crippen LogP contribution < -0.4 is 5.32 Å². The highest BCUT2D eigenvalue weighted by Gasteiger charge is 2.36. The first-order valence-corrected chi connectivity index (χ1v) is 8.81. The molecule has 7 nitrogen and oxygen atoms in total. The second-order valence-corrected chi connectivity index (χ2v) is 6.90. The van der Waals surface area contributed by atoms with E-state index in [2.05, 4.69) is 10.1 Å². The third-order valence-corrected chi connectivity index (χ3v) is 4.32. The van der Waals surface area contributed by atoms with Gasteiger partial charge >= 0.3 is 5.97 Å². The van der Waals surface area contributed by atoms with Crippen molar-refractivity contribution in [2.75, 3.05) is 19.0 Å². The van der Waals surface area contributed by atoms with E-state index in [1.54, 1.807) is 18.2 Å². The molecule has 0 aromatic heterocycles. The zero-order chi connectivity index (χ0) is 20.4. The van der Waals surface area contributed by atoms with Gasteiger partial charge in [-0.3, -0.25) is 19.3 Å². The summed E-state index contributed by atoms with van der Waals surface area (Å²) in [7, 11) is 1.28. The number of carbonyl (C=O) groups excluding carboxylic acids is 4. The summed E-state index contributed by atoms with van der Waals surface area (Å²) >= 11 is 0. The highest BCUT2D eigenvalue weighted by atomic mass is 16.5. The van der Waals surface area contributed by atoms with E-state index in [1.807, 2.05) is 13.8 Å². The van der Waals surface area contributed by atoms with Crippen LogP contribution in [0.4, 0.5) is 5.69 Å². The molecule has 0 spiro atoms. The Hall–Kier alpha value is -3.48. The average molecular weight is 380 g/mol. The number of esters is 1. The van der Waals surface area contributed by atoms with E-state index < -0.39 is 17.8 Å². The van der Waals surface area contributed by atoms with Crippen molar-refractivity contribution in [2.45, 2.75) is 13.8 Å². The van der Waals surface area contributed by atoms with E-state index in [4.69, 9.17) is 0 Å². The van der Waals surface area contributed by atoms with Crippen LogP contribution in [0.1, 0.15) is 55.3 Å². The van der Waals surface area contributed by atoms with E-state index >= 15 is 0 Å². The molecule has 1 heterocycles. The molecule has 0 bridgehead atoms. The Bertz CT molecular complexity index is 981. The molecule has 1 aliphatic heterocycles. The van der Waals surface area contributed by atoms with Gasteiger partial charge in [0.1, 0.15) is 0 Å². The van der Waals surface area contributed by atoms with Gasteiger partial charge in [0, 0.05) is 17.8 Å². The van der Waals surface area contributed by atoms with E-state index in [1.165, 1.54) is 36.3 Å². The first-order valence-electron chi connectivity index (χ1n) is 8.81. The number of nitrogens with zero attached hydrogens (tertiary/aromatic N) is 1. The average Bonchev–Trinajstić information content (AvgIpc) is 2.91.